The smallest absolute Gasteiger partial charge is 0.143 e. The van der Waals surface area contributed by atoms with Crippen LogP contribution in [0.15, 0.2) is 0 Å². The highest BCUT2D eigenvalue weighted by Crippen LogP contribution is 2.45. The lowest BCUT2D eigenvalue weighted by Gasteiger charge is -2.40. The van der Waals surface area contributed by atoms with Gasteiger partial charge < -0.3 is 9.84 Å². The zero-order chi connectivity index (χ0) is 24.1. The first-order chi connectivity index (χ1) is 15.0. The molecule has 0 bridgehead atoms. The van der Waals surface area contributed by atoms with Crippen LogP contribution >= 0.6 is 0 Å². The molecule has 1 aliphatic heterocycles. The molecule has 2 nitrogen and oxygen atoms in total. The van der Waals surface area contributed by atoms with E-state index in [0.29, 0.717) is 12.3 Å². The van der Waals surface area contributed by atoms with E-state index in [1.54, 1.807) is 0 Å². The number of aromatic hydroxyl groups is 1. The molecule has 1 N–H and O–H groups in total. The third kappa shape index (κ3) is 6.87. The molecular weight excluding hydrogens is 399 g/mol. The van der Waals surface area contributed by atoms with Gasteiger partial charge in [0, 0.05) is 12.0 Å². The molecule has 1 aliphatic rings. The second-order valence-corrected chi connectivity index (χ2v) is 11.5. The summed E-state index contributed by atoms with van der Waals surface area (Å²) in [6.07, 6.45) is 10.1. The number of halogens is 1. The van der Waals surface area contributed by atoms with Crippen molar-refractivity contribution < 1.29 is 14.2 Å². The Morgan fingerprint density at radius 2 is 1.41 bits per heavy atom. The van der Waals surface area contributed by atoms with Crippen molar-refractivity contribution in [2.75, 3.05) is 0 Å². The first-order valence-electron chi connectivity index (χ1n) is 13.1. The number of fused-ring (bicyclic) bond motifs is 1. The molecule has 0 radical (unpaired) electrons. The van der Waals surface area contributed by atoms with Crippen LogP contribution in [0.25, 0.3) is 0 Å². The van der Waals surface area contributed by atoms with E-state index in [2.05, 4.69) is 27.7 Å². The SMILES string of the molecule is Cc1c(C)c2c(c(C)c1O)CC(F)[C@](C)(CCC[C@H](C)CCC[C@@H](C)CCCC(C)C)O2. The highest BCUT2D eigenvalue weighted by Gasteiger charge is 2.42. The minimum Gasteiger partial charge on any atom is -0.507 e. The van der Waals surface area contributed by atoms with Gasteiger partial charge in [0.1, 0.15) is 23.3 Å². The fraction of sp³-hybridized carbons (Fsp3) is 0.793. The predicted octanol–water partition coefficient (Wildman–Crippen LogP) is 8.79. The summed E-state index contributed by atoms with van der Waals surface area (Å²) < 4.78 is 21.6. The van der Waals surface area contributed by atoms with Crippen molar-refractivity contribution >= 4 is 0 Å². The largest absolute Gasteiger partial charge is 0.507 e. The van der Waals surface area contributed by atoms with E-state index in [-0.39, 0.29) is 5.75 Å². The van der Waals surface area contributed by atoms with Crippen LogP contribution in [-0.2, 0) is 6.42 Å². The maximum atomic E-state index is 15.2. The summed E-state index contributed by atoms with van der Waals surface area (Å²) in [4.78, 5) is 0. The van der Waals surface area contributed by atoms with Crippen LogP contribution in [0.5, 0.6) is 11.5 Å². The van der Waals surface area contributed by atoms with Crippen LogP contribution < -0.4 is 4.74 Å². The number of hydrogen-bond acceptors (Lipinski definition) is 2. The summed E-state index contributed by atoms with van der Waals surface area (Å²) >= 11 is 0. The third-order valence-corrected chi connectivity index (χ3v) is 7.96. The zero-order valence-electron chi connectivity index (χ0n) is 22.1. The molecule has 32 heavy (non-hydrogen) atoms. The molecule has 0 saturated heterocycles. The number of hydrogen-bond donors (Lipinski definition) is 1. The molecule has 0 saturated carbocycles. The number of phenolic OH excluding ortho intramolecular Hbond substituents is 1. The van der Waals surface area contributed by atoms with E-state index in [1.165, 1.54) is 38.5 Å². The van der Waals surface area contributed by atoms with Crippen LogP contribution in [0.2, 0.25) is 0 Å². The summed E-state index contributed by atoms with van der Waals surface area (Å²) in [5.74, 6) is 3.41. The van der Waals surface area contributed by atoms with E-state index < -0.39 is 11.8 Å². The lowest BCUT2D eigenvalue weighted by atomic mass is 9.82. The van der Waals surface area contributed by atoms with Gasteiger partial charge >= 0.3 is 0 Å². The number of ether oxygens (including phenoxy) is 1. The molecule has 0 fully saturated rings. The number of benzene rings is 1. The molecule has 3 heteroatoms. The normalized spacial score (nSPS) is 22.5. The topological polar surface area (TPSA) is 29.5 Å². The fourth-order valence-electron chi connectivity index (χ4n) is 5.23. The quantitative estimate of drug-likeness (QED) is 0.346. The fourth-order valence-corrected chi connectivity index (χ4v) is 5.23. The summed E-state index contributed by atoms with van der Waals surface area (Å²) in [6.45, 7) is 17.0. The first-order valence-corrected chi connectivity index (χ1v) is 13.1. The Labute approximate surface area is 197 Å². The lowest BCUT2D eigenvalue weighted by molar-refractivity contribution is -0.0200. The highest BCUT2D eigenvalue weighted by molar-refractivity contribution is 5.58. The first kappa shape index (κ1) is 27.0. The minimum absolute atomic E-state index is 0.281. The van der Waals surface area contributed by atoms with Gasteiger partial charge in [-0.15, -0.1) is 0 Å². The Balaban J connectivity index is 1.80. The van der Waals surface area contributed by atoms with Gasteiger partial charge in [0.15, 0.2) is 0 Å². The van der Waals surface area contributed by atoms with Gasteiger partial charge in [-0.1, -0.05) is 72.6 Å². The Morgan fingerprint density at radius 3 is 1.97 bits per heavy atom. The summed E-state index contributed by atoms with van der Waals surface area (Å²) in [5.41, 5.74) is 2.61. The molecule has 0 aromatic heterocycles. The molecule has 0 aliphatic carbocycles. The standard InChI is InChI=1S/C29H49FO2/c1-19(2)12-9-13-20(3)14-10-15-21(4)16-11-17-29(8)26(30)18-25-24(7)27(31)22(5)23(6)28(25)32-29/h19-21,26,31H,9-18H2,1-8H3/t20-,21+,26?,29-/m0/s1. The molecule has 0 spiro atoms. The summed E-state index contributed by atoms with van der Waals surface area (Å²) in [6, 6.07) is 0. The van der Waals surface area contributed by atoms with E-state index >= 15 is 4.39 Å². The molecule has 184 valence electrons. The monoisotopic (exact) mass is 448 g/mol. The van der Waals surface area contributed by atoms with Gasteiger partial charge in [-0.25, -0.2) is 4.39 Å². The number of phenols is 1. The molecular formula is C29H49FO2. The van der Waals surface area contributed by atoms with Crippen molar-refractivity contribution in [3.05, 3.63) is 22.3 Å². The molecule has 1 aromatic rings. The Hall–Kier alpha value is -1.25. The van der Waals surface area contributed by atoms with Crippen LogP contribution in [0.1, 0.15) is 115 Å². The van der Waals surface area contributed by atoms with Crippen LogP contribution in [0, 0.1) is 38.5 Å². The van der Waals surface area contributed by atoms with E-state index in [4.69, 9.17) is 4.74 Å². The number of alkyl halides is 1. The van der Waals surface area contributed by atoms with Crippen LogP contribution in [-0.4, -0.2) is 16.9 Å². The van der Waals surface area contributed by atoms with E-state index in [9.17, 15) is 5.11 Å². The molecule has 1 aromatic carbocycles. The second-order valence-electron chi connectivity index (χ2n) is 11.5. The maximum Gasteiger partial charge on any atom is 0.143 e. The van der Waals surface area contributed by atoms with Crippen molar-refractivity contribution in [3.8, 4) is 11.5 Å². The minimum atomic E-state index is -1.04. The van der Waals surface area contributed by atoms with Crippen molar-refractivity contribution in [1.82, 2.24) is 0 Å². The predicted molar refractivity (Wildman–Crippen MR) is 135 cm³/mol. The van der Waals surface area contributed by atoms with Crippen LogP contribution in [0.3, 0.4) is 0 Å². The Morgan fingerprint density at radius 1 is 0.875 bits per heavy atom. The molecule has 2 rings (SSSR count). The van der Waals surface area contributed by atoms with Gasteiger partial charge in [-0.05, 0) is 75.0 Å². The maximum absolute atomic E-state index is 15.2. The van der Waals surface area contributed by atoms with Gasteiger partial charge in [0.05, 0.1) is 0 Å². The van der Waals surface area contributed by atoms with Gasteiger partial charge in [0.2, 0.25) is 0 Å². The highest BCUT2D eigenvalue weighted by atomic mass is 19.1. The summed E-state index contributed by atoms with van der Waals surface area (Å²) in [7, 11) is 0. The second kappa shape index (κ2) is 11.7. The third-order valence-electron chi connectivity index (χ3n) is 7.96. The van der Waals surface area contributed by atoms with Gasteiger partial charge in [-0.3, -0.25) is 0 Å². The average Bonchev–Trinajstić information content (AvgIpc) is 2.72. The molecule has 1 heterocycles. The van der Waals surface area contributed by atoms with Crippen molar-refractivity contribution in [2.45, 2.75) is 131 Å². The molecule has 0 amide bonds. The van der Waals surface area contributed by atoms with Gasteiger partial charge in [0.25, 0.3) is 0 Å². The van der Waals surface area contributed by atoms with Gasteiger partial charge in [-0.2, -0.15) is 0 Å². The average molecular weight is 449 g/mol. The zero-order valence-corrected chi connectivity index (χ0v) is 22.1. The van der Waals surface area contributed by atoms with E-state index in [1.807, 2.05) is 27.7 Å². The molecule has 1 unspecified atom stereocenters. The Bertz CT molecular complexity index is 741. The van der Waals surface area contributed by atoms with Crippen LogP contribution in [0.4, 0.5) is 4.39 Å². The molecule has 4 atom stereocenters. The number of rotatable bonds is 12. The summed E-state index contributed by atoms with van der Waals surface area (Å²) in [5, 5.41) is 10.4. The van der Waals surface area contributed by atoms with E-state index in [0.717, 1.165) is 59.1 Å². The Kier molecular flexibility index (Phi) is 9.91. The lowest BCUT2D eigenvalue weighted by Crippen LogP contribution is -2.47. The van der Waals surface area contributed by atoms with Crippen molar-refractivity contribution in [2.24, 2.45) is 17.8 Å². The van der Waals surface area contributed by atoms with Crippen molar-refractivity contribution in [3.63, 3.8) is 0 Å². The van der Waals surface area contributed by atoms with Crippen molar-refractivity contribution in [1.29, 1.82) is 0 Å².